The van der Waals surface area contributed by atoms with Gasteiger partial charge in [0.2, 0.25) is 5.88 Å². The van der Waals surface area contributed by atoms with E-state index in [9.17, 15) is 9.18 Å². The Bertz CT molecular complexity index is 868. The smallest absolute Gasteiger partial charge is 0.262 e. The number of hydrogen-bond donors (Lipinski definition) is 1. The number of hydrogen-bond acceptors (Lipinski definition) is 4. The molecule has 0 spiro atoms. The zero-order valence-electron chi connectivity index (χ0n) is 11.8. The van der Waals surface area contributed by atoms with Crippen molar-refractivity contribution in [3.05, 3.63) is 59.1 Å². The third-order valence-corrected chi connectivity index (χ3v) is 3.54. The van der Waals surface area contributed by atoms with Crippen LogP contribution < -0.4 is 10.1 Å². The van der Waals surface area contributed by atoms with E-state index in [4.69, 9.17) is 4.74 Å². The molecule has 0 fully saturated rings. The van der Waals surface area contributed by atoms with E-state index in [0.717, 1.165) is 5.52 Å². The molecule has 23 heavy (non-hydrogen) atoms. The zero-order valence-corrected chi connectivity index (χ0v) is 13.4. The summed E-state index contributed by atoms with van der Waals surface area (Å²) in [7, 11) is 0. The van der Waals surface area contributed by atoms with Gasteiger partial charge in [0.15, 0.2) is 6.61 Å². The maximum Gasteiger partial charge on any atom is 0.262 e. The van der Waals surface area contributed by atoms with Gasteiger partial charge in [-0.15, -0.1) is 0 Å². The molecule has 116 valence electrons. The molecule has 7 heteroatoms. The van der Waals surface area contributed by atoms with Crippen LogP contribution in [0.1, 0.15) is 0 Å². The van der Waals surface area contributed by atoms with Gasteiger partial charge in [-0.2, -0.15) is 0 Å². The molecule has 5 nitrogen and oxygen atoms in total. The standard InChI is InChI=1S/C16H11BrFN3O2/c17-10-5-6-14(12(18)7-10)21-15(22)8-23-16-11-3-1-2-4-13(11)19-9-20-16/h1-7,9H,8H2,(H,21,22). The van der Waals surface area contributed by atoms with Crippen molar-refractivity contribution in [2.45, 2.75) is 0 Å². The summed E-state index contributed by atoms with van der Waals surface area (Å²) < 4.78 is 19.7. The average Bonchev–Trinajstić information content (AvgIpc) is 2.55. The fraction of sp³-hybridized carbons (Fsp3) is 0.0625. The normalized spacial score (nSPS) is 10.5. The molecule has 0 aliphatic heterocycles. The van der Waals surface area contributed by atoms with Crippen molar-refractivity contribution >= 4 is 38.4 Å². The SMILES string of the molecule is O=C(COc1ncnc2ccccc12)Nc1ccc(Br)cc1F. The highest BCUT2D eigenvalue weighted by atomic mass is 79.9. The minimum absolute atomic E-state index is 0.0920. The number of benzene rings is 2. The Morgan fingerprint density at radius 1 is 1.22 bits per heavy atom. The van der Waals surface area contributed by atoms with Crippen molar-refractivity contribution in [2.75, 3.05) is 11.9 Å². The van der Waals surface area contributed by atoms with Crippen LogP contribution in [-0.4, -0.2) is 22.5 Å². The minimum Gasteiger partial charge on any atom is -0.467 e. The largest absolute Gasteiger partial charge is 0.467 e. The van der Waals surface area contributed by atoms with E-state index in [-0.39, 0.29) is 12.3 Å². The molecule has 3 rings (SSSR count). The van der Waals surface area contributed by atoms with Crippen molar-refractivity contribution in [3.8, 4) is 5.88 Å². The molecule has 2 aromatic carbocycles. The summed E-state index contributed by atoms with van der Waals surface area (Å²) >= 11 is 3.16. The molecule has 0 radical (unpaired) electrons. The number of fused-ring (bicyclic) bond motifs is 1. The van der Waals surface area contributed by atoms with E-state index in [0.29, 0.717) is 15.7 Å². The second kappa shape index (κ2) is 6.70. The second-order valence-corrected chi connectivity index (χ2v) is 5.57. The lowest BCUT2D eigenvalue weighted by Crippen LogP contribution is -2.21. The Balaban J connectivity index is 1.69. The number of rotatable bonds is 4. The van der Waals surface area contributed by atoms with E-state index in [1.165, 1.54) is 18.5 Å². The van der Waals surface area contributed by atoms with Crippen molar-refractivity contribution in [1.29, 1.82) is 0 Å². The van der Waals surface area contributed by atoms with Crippen LogP contribution in [0.4, 0.5) is 10.1 Å². The van der Waals surface area contributed by atoms with Crippen LogP contribution in [0.25, 0.3) is 10.9 Å². The van der Waals surface area contributed by atoms with Crippen LogP contribution in [-0.2, 0) is 4.79 Å². The van der Waals surface area contributed by atoms with E-state index < -0.39 is 11.7 Å². The van der Waals surface area contributed by atoms with Gasteiger partial charge in [-0.25, -0.2) is 14.4 Å². The molecule has 1 N–H and O–H groups in total. The van der Waals surface area contributed by atoms with E-state index >= 15 is 0 Å². The molecule has 0 atom stereocenters. The molecular formula is C16H11BrFN3O2. The summed E-state index contributed by atoms with van der Waals surface area (Å²) in [5.41, 5.74) is 0.811. The van der Waals surface area contributed by atoms with E-state index in [2.05, 4.69) is 31.2 Å². The monoisotopic (exact) mass is 375 g/mol. The molecule has 0 aliphatic carbocycles. The molecule has 0 unspecified atom stereocenters. The fourth-order valence-electron chi connectivity index (χ4n) is 2.01. The van der Waals surface area contributed by atoms with Crippen molar-refractivity contribution in [2.24, 2.45) is 0 Å². The third-order valence-electron chi connectivity index (χ3n) is 3.05. The predicted molar refractivity (Wildman–Crippen MR) is 87.8 cm³/mol. The first-order valence-electron chi connectivity index (χ1n) is 6.71. The zero-order chi connectivity index (χ0) is 16.2. The number of ether oxygens (including phenoxy) is 1. The summed E-state index contributed by atoms with van der Waals surface area (Å²) in [6.07, 6.45) is 1.37. The summed E-state index contributed by atoms with van der Waals surface area (Å²) in [5, 5.41) is 3.16. The molecule has 1 aromatic heterocycles. The number of carbonyl (C=O) groups excluding carboxylic acids is 1. The number of aromatic nitrogens is 2. The van der Waals surface area contributed by atoms with Crippen LogP contribution in [0.3, 0.4) is 0 Å². The highest BCUT2D eigenvalue weighted by Gasteiger charge is 2.10. The minimum atomic E-state index is -0.528. The Labute approximate surface area is 139 Å². The van der Waals surface area contributed by atoms with Gasteiger partial charge in [-0.05, 0) is 30.3 Å². The van der Waals surface area contributed by atoms with Gasteiger partial charge in [0, 0.05) is 4.47 Å². The maximum atomic E-state index is 13.7. The molecule has 0 aliphatic rings. The highest BCUT2D eigenvalue weighted by molar-refractivity contribution is 9.10. The highest BCUT2D eigenvalue weighted by Crippen LogP contribution is 2.21. The number of nitrogens with one attached hydrogen (secondary N) is 1. The van der Waals surface area contributed by atoms with E-state index in [1.54, 1.807) is 12.1 Å². The summed E-state index contributed by atoms with van der Waals surface area (Å²) in [6, 6.07) is 11.7. The second-order valence-electron chi connectivity index (χ2n) is 4.66. The van der Waals surface area contributed by atoms with Gasteiger partial charge < -0.3 is 10.1 Å². The van der Waals surface area contributed by atoms with E-state index in [1.807, 2.05) is 18.2 Å². The molecule has 0 bridgehead atoms. The van der Waals surface area contributed by atoms with Crippen LogP contribution >= 0.6 is 15.9 Å². The molecule has 1 amide bonds. The fourth-order valence-corrected chi connectivity index (χ4v) is 2.34. The number of amides is 1. The Morgan fingerprint density at radius 2 is 2.04 bits per heavy atom. The van der Waals surface area contributed by atoms with Gasteiger partial charge in [0.1, 0.15) is 12.1 Å². The summed E-state index contributed by atoms with van der Waals surface area (Å²) in [4.78, 5) is 20.0. The van der Waals surface area contributed by atoms with Crippen molar-refractivity contribution in [1.82, 2.24) is 9.97 Å². The maximum absolute atomic E-state index is 13.7. The molecule has 0 saturated carbocycles. The Kier molecular flexibility index (Phi) is 4.47. The first kappa shape index (κ1) is 15.4. The third kappa shape index (κ3) is 3.62. The van der Waals surface area contributed by atoms with Crippen LogP contribution in [0, 0.1) is 5.82 Å². The topological polar surface area (TPSA) is 64.1 Å². The summed E-state index contributed by atoms with van der Waals surface area (Å²) in [6.45, 7) is -0.281. The van der Waals surface area contributed by atoms with Crippen molar-refractivity contribution < 1.29 is 13.9 Å². The quantitative estimate of drug-likeness (QED) is 0.757. The number of para-hydroxylation sites is 1. The van der Waals surface area contributed by atoms with Gasteiger partial charge >= 0.3 is 0 Å². The lowest BCUT2D eigenvalue weighted by Gasteiger charge is -2.09. The van der Waals surface area contributed by atoms with Crippen LogP contribution in [0.5, 0.6) is 5.88 Å². The molecular weight excluding hydrogens is 365 g/mol. The van der Waals surface area contributed by atoms with Gasteiger partial charge in [0.25, 0.3) is 5.91 Å². The number of nitrogens with zero attached hydrogens (tertiary/aromatic N) is 2. The van der Waals surface area contributed by atoms with Crippen molar-refractivity contribution in [3.63, 3.8) is 0 Å². The average molecular weight is 376 g/mol. The summed E-state index contributed by atoms with van der Waals surface area (Å²) in [5.74, 6) is -0.698. The van der Waals surface area contributed by atoms with Gasteiger partial charge in [0.05, 0.1) is 16.6 Å². The predicted octanol–water partition coefficient (Wildman–Crippen LogP) is 3.55. The van der Waals surface area contributed by atoms with Gasteiger partial charge in [-0.1, -0.05) is 28.1 Å². The lowest BCUT2D eigenvalue weighted by molar-refractivity contribution is -0.118. The van der Waals surface area contributed by atoms with Crippen LogP contribution in [0.2, 0.25) is 0 Å². The molecule has 3 aromatic rings. The molecule has 0 saturated heterocycles. The first-order valence-corrected chi connectivity index (χ1v) is 7.50. The number of anilines is 1. The number of carbonyl (C=O) groups is 1. The Hall–Kier alpha value is -2.54. The first-order chi connectivity index (χ1) is 11.1. The lowest BCUT2D eigenvalue weighted by atomic mass is 10.2. The number of halogens is 2. The molecule has 1 heterocycles. The van der Waals surface area contributed by atoms with Crippen LogP contribution in [0.15, 0.2) is 53.3 Å². The van der Waals surface area contributed by atoms with Gasteiger partial charge in [-0.3, -0.25) is 4.79 Å². The Morgan fingerprint density at radius 3 is 2.87 bits per heavy atom.